The zero-order chi connectivity index (χ0) is 35.7. The van der Waals surface area contributed by atoms with Crippen LogP contribution in [0.15, 0.2) is 60.7 Å². The first-order valence-corrected chi connectivity index (χ1v) is 18.7. The van der Waals surface area contributed by atoms with Gasteiger partial charge in [-0.3, -0.25) is 9.59 Å². The van der Waals surface area contributed by atoms with Crippen LogP contribution < -0.4 is 9.46 Å². The van der Waals surface area contributed by atoms with Crippen LogP contribution in [0.1, 0.15) is 50.7 Å². The average molecular weight is 692 g/mol. The zero-order valence-electron chi connectivity index (χ0n) is 30.0. The van der Waals surface area contributed by atoms with Crippen molar-refractivity contribution in [1.82, 2.24) is 23.4 Å². The molecule has 1 aliphatic rings. The van der Waals surface area contributed by atoms with E-state index < -0.39 is 9.89 Å². The average Bonchev–Trinajstić information content (AvgIpc) is 3.40. The Labute approximate surface area is 292 Å². The molecule has 1 saturated heterocycles. The summed E-state index contributed by atoms with van der Waals surface area (Å²) in [7, 11) is 3.97. The topological polar surface area (TPSA) is 96.3 Å². The molecule has 4 rings (SSSR count). The Bertz CT molecular complexity index is 1770. The van der Waals surface area contributed by atoms with Gasteiger partial charge in [0.15, 0.2) is 0 Å². The number of fused-ring (bicyclic) bond motifs is 1. The Morgan fingerprint density at radius 3 is 2.37 bits per heavy atom. The van der Waals surface area contributed by atoms with E-state index in [1.165, 1.54) is 10.5 Å². The predicted octanol–water partition coefficient (Wildman–Crippen LogP) is 5.37. The van der Waals surface area contributed by atoms with E-state index in [0.29, 0.717) is 37.6 Å². The number of hydrogen-bond acceptors (Lipinski definition) is 5. The van der Waals surface area contributed by atoms with Gasteiger partial charge in [-0.15, -0.1) is 0 Å². The van der Waals surface area contributed by atoms with Gasteiger partial charge in [0.2, 0.25) is 5.91 Å². The molecule has 1 atom stereocenters. The molecular formula is C38H53N5O5S. The molecule has 1 aliphatic heterocycles. The molecule has 3 aromatic rings. The monoisotopic (exact) mass is 691 g/mol. The van der Waals surface area contributed by atoms with Gasteiger partial charge in [0, 0.05) is 62.0 Å². The maximum atomic E-state index is 14.0. The van der Waals surface area contributed by atoms with Gasteiger partial charge in [0.1, 0.15) is 15.6 Å². The minimum absolute atomic E-state index is 0.0114. The third-order valence-corrected chi connectivity index (χ3v) is 10.8. The number of hydrogen-bond donors (Lipinski definition) is 1. The van der Waals surface area contributed by atoms with Crippen LogP contribution in [0.3, 0.4) is 0 Å². The smallest absolute Gasteiger partial charge is 0.251 e. The second-order valence-electron chi connectivity index (χ2n) is 12.7. The van der Waals surface area contributed by atoms with Crippen molar-refractivity contribution in [2.24, 2.45) is 0 Å². The second-order valence-corrected chi connectivity index (χ2v) is 14.9. The minimum atomic E-state index is -2.77. The number of nitrogens with one attached hydrogen (secondary N) is 1. The van der Waals surface area contributed by atoms with Crippen molar-refractivity contribution >= 4 is 44.2 Å². The van der Waals surface area contributed by atoms with Gasteiger partial charge < -0.3 is 28.6 Å². The minimum Gasteiger partial charge on any atom is -0.497 e. The number of unbranched alkanes of at least 4 members (excludes halogenated alkanes) is 3. The second kappa shape index (κ2) is 17.0. The summed E-state index contributed by atoms with van der Waals surface area (Å²) in [4.78, 5) is 30.3. The third-order valence-electron chi connectivity index (χ3n) is 9.07. The number of nitrogens with zero attached hydrogens (tertiary/aromatic N) is 4. The summed E-state index contributed by atoms with van der Waals surface area (Å²) in [6.07, 6.45) is 7.15. The lowest BCUT2D eigenvalue weighted by molar-refractivity contribution is -0.140. The highest BCUT2D eigenvalue weighted by molar-refractivity contribution is 7.96. The summed E-state index contributed by atoms with van der Waals surface area (Å²) < 4.78 is 30.7. The molecule has 2 amide bonds. The molecule has 266 valence electrons. The number of ether oxygens (including phenoxy) is 2. The van der Waals surface area contributed by atoms with Gasteiger partial charge in [-0.1, -0.05) is 51.0 Å². The fourth-order valence-corrected chi connectivity index (χ4v) is 6.75. The number of allylic oxidation sites excluding steroid dienone is 1. The van der Waals surface area contributed by atoms with Gasteiger partial charge in [-0.25, -0.2) is 8.51 Å². The van der Waals surface area contributed by atoms with E-state index in [1.807, 2.05) is 37.3 Å². The molecule has 0 bridgehead atoms. The van der Waals surface area contributed by atoms with Gasteiger partial charge in [0.25, 0.3) is 5.91 Å². The number of aromatic nitrogens is 1. The summed E-state index contributed by atoms with van der Waals surface area (Å²) in [5.41, 5.74) is 5.99. The Morgan fingerprint density at radius 2 is 1.76 bits per heavy atom. The van der Waals surface area contributed by atoms with E-state index >= 15 is 0 Å². The molecule has 1 unspecified atom stereocenters. The summed E-state index contributed by atoms with van der Waals surface area (Å²) in [5.74, 6) is 4.31. The van der Waals surface area contributed by atoms with Gasteiger partial charge in [-0.2, -0.15) is 0 Å². The van der Waals surface area contributed by atoms with Gasteiger partial charge in [-0.05, 0) is 67.1 Å². The van der Waals surface area contributed by atoms with Crippen LogP contribution in [-0.2, 0) is 37.2 Å². The number of amides is 2. The Hall–Kier alpha value is -4.06. The highest BCUT2D eigenvalue weighted by Crippen LogP contribution is 2.38. The van der Waals surface area contributed by atoms with E-state index in [-0.39, 0.29) is 24.9 Å². The first-order chi connectivity index (χ1) is 23.4. The number of benzene rings is 2. The fraction of sp³-hybridized carbons (Fsp3) is 0.447. The highest BCUT2D eigenvalue weighted by atomic mass is 32.2. The Balaban J connectivity index is 1.82. The predicted molar refractivity (Wildman–Crippen MR) is 202 cm³/mol. The number of methoxy groups -OCH3 is 1. The molecule has 0 radical (unpaired) electrons. The highest BCUT2D eigenvalue weighted by Gasteiger charge is 2.25. The molecule has 0 saturated carbocycles. The molecule has 10 nitrogen and oxygen atoms in total. The number of carbonyl (C=O) groups excluding carboxylic acids is 2. The Kier molecular flexibility index (Phi) is 13.1. The van der Waals surface area contributed by atoms with Crippen molar-refractivity contribution in [3.05, 3.63) is 71.8 Å². The molecule has 11 heteroatoms. The van der Waals surface area contributed by atoms with Gasteiger partial charge >= 0.3 is 0 Å². The zero-order valence-corrected chi connectivity index (χ0v) is 30.9. The van der Waals surface area contributed by atoms with Crippen LogP contribution in [0.2, 0.25) is 0 Å². The van der Waals surface area contributed by atoms with Crippen molar-refractivity contribution in [3.8, 4) is 17.0 Å². The molecule has 1 N–H and O–H groups in total. The largest absolute Gasteiger partial charge is 0.497 e. The normalized spacial score (nSPS) is 14.9. The number of rotatable bonds is 16. The first-order valence-electron chi connectivity index (χ1n) is 17.0. The van der Waals surface area contributed by atoms with Crippen LogP contribution in [0.5, 0.6) is 5.75 Å². The maximum absolute atomic E-state index is 14.0. The lowest BCUT2D eigenvalue weighted by atomic mass is 9.98. The number of likely N-dealkylation sites (N-methyl/N-ethyl adjacent to an activating group) is 1. The van der Waals surface area contributed by atoms with E-state index in [1.54, 1.807) is 37.5 Å². The third kappa shape index (κ3) is 9.14. The van der Waals surface area contributed by atoms with E-state index in [4.69, 9.17) is 9.47 Å². The fourth-order valence-electron chi connectivity index (χ4n) is 6.06. The van der Waals surface area contributed by atoms with Crippen LogP contribution >= 0.6 is 0 Å². The summed E-state index contributed by atoms with van der Waals surface area (Å²) >= 11 is 0. The van der Waals surface area contributed by atoms with Crippen molar-refractivity contribution in [2.45, 2.75) is 52.5 Å². The SMILES string of the molecule is C=C(NS(=C)(=O)N(C)C)c1ccc2c(CCCCCC)c(-c3ccc(OC)cc3)n(C/C(=C\C)C(=O)N(C)CC(=O)N3CCOCC3)c2c1. The molecule has 1 aromatic heterocycles. The van der Waals surface area contributed by atoms with Crippen molar-refractivity contribution < 1.29 is 23.3 Å². The lowest BCUT2D eigenvalue weighted by Gasteiger charge is -2.29. The van der Waals surface area contributed by atoms with Gasteiger partial charge in [0.05, 0.1) is 39.1 Å². The molecule has 0 spiro atoms. The van der Waals surface area contributed by atoms with Crippen molar-refractivity contribution in [3.63, 3.8) is 0 Å². The molecule has 1 fully saturated rings. The summed E-state index contributed by atoms with van der Waals surface area (Å²) in [6.45, 7) is 10.6. The number of aryl methyl sites for hydroxylation is 1. The van der Waals surface area contributed by atoms with Crippen LogP contribution in [0.25, 0.3) is 27.9 Å². The molecule has 0 aliphatic carbocycles. The van der Waals surface area contributed by atoms with Crippen molar-refractivity contribution in [1.29, 1.82) is 0 Å². The molecule has 2 aromatic carbocycles. The van der Waals surface area contributed by atoms with Crippen LogP contribution in [0.4, 0.5) is 0 Å². The summed E-state index contributed by atoms with van der Waals surface area (Å²) in [5, 5.41) is 1.08. The van der Waals surface area contributed by atoms with Crippen molar-refractivity contribution in [2.75, 3.05) is 61.1 Å². The van der Waals surface area contributed by atoms with E-state index in [0.717, 1.165) is 65.6 Å². The molecule has 2 heterocycles. The Morgan fingerprint density at radius 1 is 1.06 bits per heavy atom. The molecular weight excluding hydrogens is 639 g/mol. The van der Waals surface area contributed by atoms with Crippen LogP contribution in [-0.4, -0.2) is 102 Å². The van der Waals surface area contributed by atoms with E-state index in [9.17, 15) is 13.8 Å². The number of carbonyl (C=O) groups is 2. The van der Waals surface area contributed by atoms with Crippen LogP contribution in [0, 0.1) is 0 Å². The summed E-state index contributed by atoms with van der Waals surface area (Å²) in [6, 6.07) is 14.2. The standard InChI is InChI=1S/C38H53N5O5S/c1-9-11-12-13-14-34-33-20-17-31(28(3)39-49(8,46)40(4)5)25-35(33)43(37(34)30-15-18-32(47-7)19-16-30)26-29(10-2)38(45)41(6)27-36(44)42-21-23-48-24-22-42/h10,15-20,25H,3,8-9,11-14,21-24,26-27H2,1-2,4-7H3,(H,39,46)/b29-10+. The molecule has 49 heavy (non-hydrogen) atoms. The quantitative estimate of drug-likeness (QED) is 0.124. The lowest BCUT2D eigenvalue weighted by Crippen LogP contribution is -2.46. The first kappa shape index (κ1) is 37.8. The number of morpholine rings is 1. The maximum Gasteiger partial charge on any atom is 0.251 e. The van der Waals surface area contributed by atoms with E-state index in [2.05, 4.69) is 46.9 Å².